The molecule has 19 atom stereocenters. The molecule has 0 spiro atoms. The molecule has 0 aromatic heterocycles. The largest absolute Gasteiger partial charge is 0.0628 e. The van der Waals surface area contributed by atoms with Crippen LogP contribution in [0.4, 0.5) is 0 Å². The fraction of sp³-hybridized carbons (Fsp3) is 1.00. The minimum Gasteiger partial charge on any atom is -0.0628 e. The predicted molar refractivity (Wildman–Crippen MR) is 326 cm³/mol. The quantitative estimate of drug-likeness (QED) is 0.136. The lowest BCUT2D eigenvalue weighted by atomic mass is 9.31. The first-order valence-electron chi connectivity index (χ1n) is 33.1. The Bertz CT molecular complexity index is 1510. The zero-order valence-corrected chi connectivity index (χ0v) is 55.7. The van der Waals surface area contributed by atoms with E-state index in [0.717, 1.165) is 71.0 Å². The second-order valence-electron chi connectivity index (χ2n) is 33.1. The van der Waals surface area contributed by atoms with Crippen LogP contribution in [0.15, 0.2) is 0 Å². The van der Waals surface area contributed by atoms with Crippen molar-refractivity contribution in [3.05, 3.63) is 0 Å². The second kappa shape index (κ2) is 27.2. The maximum atomic E-state index is 2.79. The van der Waals surface area contributed by atoms with Gasteiger partial charge in [-0.05, 0) is 239 Å². The number of hydrogen-bond acceptors (Lipinski definition) is 0. The van der Waals surface area contributed by atoms with Crippen molar-refractivity contribution in [3.63, 3.8) is 0 Å². The summed E-state index contributed by atoms with van der Waals surface area (Å²) in [5.41, 5.74) is 0.308. The third kappa shape index (κ3) is 13.5. The SMILES string of the molecule is CC(C)CC12C(CCC(C(C)C)C(C(C)C)C(C(C)C)C(C(C)C)C(C(C)C)C(C(C)C)C(C(C)C)C(C(C)C)C1C(C)C)C1CCC(C(C)C)C(C(C)C)C(C(C)C)C(C(C)C)C(C(C)C)C(C(C)C)C12. The zero-order chi connectivity index (χ0) is 55.7. The first-order chi connectivity index (χ1) is 33.1. The molecule has 0 heterocycles. The maximum Gasteiger partial charge on any atom is -0.0197 e. The van der Waals surface area contributed by atoms with E-state index in [1.807, 2.05) is 0 Å². The summed E-state index contributed by atoms with van der Waals surface area (Å²) in [6, 6.07) is 0. The van der Waals surface area contributed by atoms with E-state index in [1.165, 1.54) is 32.1 Å². The van der Waals surface area contributed by atoms with Crippen molar-refractivity contribution >= 4 is 0 Å². The lowest BCUT2D eigenvalue weighted by Crippen LogP contribution is -2.68. The van der Waals surface area contributed by atoms with E-state index < -0.39 is 0 Å². The van der Waals surface area contributed by atoms with Crippen molar-refractivity contribution in [2.45, 2.75) is 254 Å². The molecule has 428 valence electrons. The highest BCUT2D eigenvalue weighted by atomic mass is 14.7. The number of rotatable bonds is 17. The third-order valence-corrected chi connectivity index (χ3v) is 23.2. The normalized spacial score (nSPS) is 38.5. The topological polar surface area (TPSA) is 0 Å². The van der Waals surface area contributed by atoms with Crippen molar-refractivity contribution in [1.82, 2.24) is 0 Å². The fourth-order valence-electron chi connectivity index (χ4n) is 22.2. The fourth-order valence-corrected chi connectivity index (χ4v) is 22.2. The van der Waals surface area contributed by atoms with E-state index in [1.54, 1.807) is 0 Å². The smallest absolute Gasteiger partial charge is 0.0197 e. The van der Waals surface area contributed by atoms with Gasteiger partial charge < -0.3 is 0 Å². The lowest BCUT2D eigenvalue weighted by Gasteiger charge is -2.73. The Balaban J connectivity index is 2.89. The first kappa shape index (κ1) is 66.3. The van der Waals surface area contributed by atoms with Crippen molar-refractivity contribution < 1.29 is 0 Å². The summed E-state index contributed by atoms with van der Waals surface area (Å²) in [5, 5.41) is 0. The van der Waals surface area contributed by atoms with Gasteiger partial charge in [0.15, 0.2) is 0 Å². The van der Waals surface area contributed by atoms with Gasteiger partial charge in [0.1, 0.15) is 0 Å². The molecule has 3 saturated carbocycles. The Labute approximate surface area is 458 Å². The molecule has 0 N–H and O–H groups in total. The van der Waals surface area contributed by atoms with Crippen LogP contribution in [0.2, 0.25) is 0 Å². The standard InChI is InChI=1S/C72H140/c1-38(2)37-72-57(56-34-33-54(39(3)4)58(41(7)8)61(44(13)14)63(46(17)18)67(50(25)26)69(52(29)30)71(56)72)36-35-55(40(5)6)59(42(9)10)60(43(11)12)62(45(15)16)64(47(19)20)65(48(21)22)66(49(23)24)68(51(27)28)70(72)53(31)32/h38-71H,33-37H2,1-32H3. The zero-order valence-electron chi connectivity index (χ0n) is 55.7. The molecule has 0 heteroatoms. The van der Waals surface area contributed by atoms with Gasteiger partial charge >= 0.3 is 0 Å². The number of hydrogen-bond donors (Lipinski definition) is 0. The van der Waals surface area contributed by atoms with Crippen LogP contribution in [0.3, 0.4) is 0 Å². The summed E-state index contributed by atoms with van der Waals surface area (Å²) in [6.45, 7) is 86.6. The molecule has 3 aliphatic carbocycles. The van der Waals surface area contributed by atoms with Gasteiger partial charge in [-0.1, -0.05) is 222 Å². The van der Waals surface area contributed by atoms with Gasteiger partial charge in [-0.25, -0.2) is 0 Å². The van der Waals surface area contributed by atoms with Gasteiger partial charge in [0, 0.05) is 0 Å². The van der Waals surface area contributed by atoms with E-state index in [0.29, 0.717) is 136 Å². The monoisotopic (exact) mass is 1010 g/mol. The van der Waals surface area contributed by atoms with Crippen LogP contribution in [0, 0.1) is 207 Å². The summed E-state index contributed by atoms with van der Waals surface area (Å²) in [7, 11) is 0. The minimum absolute atomic E-state index is 0.308. The van der Waals surface area contributed by atoms with Gasteiger partial charge in [0.2, 0.25) is 0 Å². The molecule has 0 saturated heterocycles. The van der Waals surface area contributed by atoms with Crippen molar-refractivity contribution in [1.29, 1.82) is 0 Å². The molecule has 72 heavy (non-hydrogen) atoms. The van der Waals surface area contributed by atoms with E-state index in [9.17, 15) is 0 Å². The molecule has 3 aliphatic rings. The van der Waals surface area contributed by atoms with Crippen LogP contribution in [-0.2, 0) is 0 Å². The molecule has 3 fully saturated rings. The van der Waals surface area contributed by atoms with Crippen molar-refractivity contribution in [2.24, 2.45) is 207 Å². The summed E-state index contributed by atoms with van der Waals surface area (Å²) in [5.74, 6) is 23.9. The highest BCUT2D eigenvalue weighted by molar-refractivity contribution is 5.17. The van der Waals surface area contributed by atoms with Crippen molar-refractivity contribution in [2.75, 3.05) is 0 Å². The molecule has 19 unspecified atom stereocenters. The Morgan fingerprint density at radius 2 is 0.500 bits per heavy atom. The van der Waals surface area contributed by atoms with Gasteiger partial charge in [0.25, 0.3) is 0 Å². The van der Waals surface area contributed by atoms with Crippen LogP contribution in [-0.4, -0.2) is 0 Å². The molecule has 0 aromatic rings. The van der Waals surface area contributed by atoms with Crippen LogP contribution in [0.25, 0.3) is 0 Å². The molecule has 3 rings (SSSR count). The van der Waals surface area contributed by atoms with Crippen LogP contribution >= 0.6 is 0 Å². The Hall–Kier alpha value is 0. The average molecular weight is 1010 g/mol. The summed E-state index contributed by atoms with van der Waals surface area (Å²) < 4.78 is 0. The molecule has 0 radical (unpaired) electrons. The predicted octanol–water partition coefficient (Wildman–Crippen LogP) is 22.6. The van der Waals surface area contributed by atoms with Gasteiger partial charge in [-0.3, -0.25) is 0 Å². The van der Waals surface area contributed by atoms with Gasteiger partial charge in [-0.2, -0.15) is 0 Å². The maximum absolute atomic E-state index is 2.79. The molecule has 0 aromatic carbocycles. The third-order valence-electron chi connectivity index (χ3n) is 23.2. The molecule has 0 amide bonds. The van der Waals surface area contributed by atoms with Gasteiger partial charge in [-0.15, -0.1) is 0 Å². The Morgan fingerprint density at radius 1 is 0.250 bits per heavy atom. The molecular weight excluding hydrogens is 865 g/mol. The summed E-state index contributed by atoms with van der Waals surface area (Å²) in [4.78, 5) is 0. The Kier molecular flexibility index (Phi) is 25.1. The number of fused-ring (bicyclic) bond motifs is 4. The lowest BCUT2D eigenvalue weighted by molar-refractivity contribution is -0.258. The highest BCUT2D eigenvalue weighted by Gasteiger charge is 2.70. The van der Waals surface area contributed by atoms with E-state index >= 15 is 0 Å². The molecule has 0 aliphatic heterocycles. The average Bonchev–Trinajstić information content (AvgIpc) is 3.21. The summed E-state index contributed by atoms with van der Waals surface area (Å²) in [6.07, 6.45) is 7.21. The van der Waals surface area contributed by atoms with E-state index in [4.69, 9.17) is 0 Å². The first-order valence-corrected chi connectivity index (χ1v) is 33.1. The summed E-state index contributed by atoms with van der Waals surface area (Å²) >= 11 is 0. The molecular formula is C72H140. The molecule has 0 bridgehead atoms. The van der Waals surface area contributed by atoms with Crippen molar-refractivity contribution in [3.8, 4) is 0 Å². The van der Waals surface area contributed by atoms with Gasteiger partial charge in [0.05, 0.1) is 0 Å². The highest BCUT2D eigenvalue weighted by Crippen LogP contribution is 2.75. The van der Waals surface area contributed by atoms with Crippen LogP contribution < -0.4 is 0 Å². The van der Waals surface area contributed by atoms with E-state index in [-0.39, 0.29) is 0 Å². The molecule has 0 nitrogen and oxygen atoms in total. The van der Waals surface area contributed by atoms with Crippen LogP contribution in [0.5, 0.6) is 0 Å². The van der Waals surface area contributed by atoms with E-state index in [2.05, 4.69) is 222 Å². The Morgan fingerprint density at radius 3 is 0.750 bits per heavy atom. The minimum atomic E-state index is 0.308. The van der Waals surface area contributed by atoms with Crippen LogP contribution in [0.1, 0.15) is 254 Å². The second-order valence-corrected chi connectivity index (χ2v) is 33.1.